The number of fused-ring (bicyclic) bond motifs is 1. The lowest BCUT2D eigenvalue weighted by molar-refractivity contribution is -0.114. The second kappa shape index (κ2) is 8.70. The smallest absolute Gasteiger partial charge is 0.236 e. The molecule has 0 unspecified atom stereocenters. The standard InChI is InChI=1S/C18H19N7O2S2/c1-11(26)19-12-6-8-13(9-7-12)25-18(22-23-24-25)28-10-16(27)21-17-20-14-4-2-3-5-15(14)29-17/h6-9H,2-5,10H2,1H3,(H,19,26)(H,20,21,27). The van der Waals surface area contributed by atoms with Gasteiger partial charge in [-0.25, -0.2) is 4.98 Å². The Morgan fingerprint density at radius 2 is 1.97 bits per heavy atom. The fraction of sp³-hybridized carbons (Fsp3) is 0.333. The zero-order chi connectivity index (χ0) is 20.2. The molecule has 2 N–H and O–H groups in total. The van der Waals surface area contributed by atoms with Gasteiger partial charge in [-0.3, -0.25) is 9.59 Å². The summed E-state index contributed by atoms with van der Waals surface area (Å²) in [6.45, 7) is 1.45. The molecule has 1 aromatic carbocycles. The van der Waals surface area contributed by atoms with Crippen LogP contribution in [0.15, 0.2) is 29.4 Å². The molecule has 1 aliphatic carbocycles. The van der Waals surface area contributed by atoms with Gasteiger partial charge in [0.1, 0.15) is 0 Å². The summed E-state index contributed by atoms with van der Waals surface area (Å²) in [5.41, 5.74) is 2.55. The third kappa shape index (κ3) is 4.80. The van der Waals surface area contributed by atoms with Crippen LogP contribution in [0.5, 0.6) is 0 Å². The molecule has 150 valence electrons. The van der Waals surface area contributed by atoms with Crippen molar-refractivity contribution in [3.8, 4) is 5.69 Å². The molecule has 1 aliphatic rings. The van der Waals surface area contributed by atoms with E-state index in [9.17, 15) is 9.59 Å². The fourth-order valence-electron chi connectivity index (χ4n) is 3.01. The summed E-state index contributed by atoms with van der Waals surface area (Å²) in [6.07, 6.45) is 4.39. The quantitative estimate of drug-likeness (QED) is 0.579. The van der Waals surface area contributed by atoms with Crippen LogP contribution in [0.4, 0.5) is 10.8 Å². The van der Waals surface area contributed by atoms with Crippen molar-refractivity contribution in [1.29, 1.82) is 0 Å². The van der Waals surface area contributed by atoms with Crippen LogP contribution in [0.25, 0.3) is 5.69 Å². The molecule has 0 saturated heterocycles. The average Bonchev–Trinajstić information content (AvgIpc) is 3.32. The highest BCUT2D eigenvalue weighted by Gasteiger charge is 2.17. The number of anilines is 2. The molecule has 0 aliphatic heterocycles. The third-order valence-corrected chi connectivity index (χ3v) is 6.29. The number of aryl methyl sites for hydroxylation is 2. The molecule has 0 spiro atoms. The summed E-state index contributed by atoms with van der Waals surface area (Å²) in [5, 5.41) is 18.4. The van der Waals surface area contributed by atoms with Crippen LogP contribution in [0.2, 0.25) is 0 Å². The molecule has 3 aromatic rings. The molecular weight excluding hydrogens is 410 g/mol. The minimum absolute atomic E-state index is 0.136. The van der Waals surface area contributed by atoms with E-state index in [0.717, 1.165) is 30.6 Å². The predicted molar refractivity (Wildman–Crippen MR) is 112 cm³/mol. The molecule has 0 radical (unpaired) electrons. The Kier molecular flexibility index (Phi) is 5.86. The third-order valence-electron chi connectivity index (χ3n) is 4.30. The zero-order valence-corrected chi connectivity index (χ0v) is 17.3. The summed E-state index contributed by atoms with van der Waals surface area (Å²) < 4.78 is 1.55. The van der Waals surface area contributed by atoms with E-state index in [0.29, 0.717) is 16.0 Å². The maximum Gasteiger partial charge on any atom is 0.236 e. The van der Waals surface area contributed by atoms with Crippen LogP contribution in [-0.4, -0.2) is 42.8 Å². The van der Waals surface area contributed by atoms with Gasteiger partial charge in [0.2, 0.25) is 17.0 Å². The van der Waals surface area contributed by atoms with E-state index in [2.05, 4.69) is 31.1 Å². The maximum atomic E-state index is 12.3. The normalized spacial score (nSPS) is 13.0. The van der Waals surface area contributed by atoms with Crippen LogP contribution in [0.1, 0.15) is 30.3 Å². The monoisotopic (exact) mass is 429 g/mol. The first-order chi connectivity index (χ1) is 14.1. The molecule has 2 aromatic heterocycles. The lowest BCUT2D eigenvalue weighted by Crippen LogP contribution is -2.14. The number of nitrogens with one attached hydrogen (secondary N) is 2. The van der Waals surface area contributed by atoms with E-state index in [1.807, 2.05) is 0 Å². The molecule has 0 fully saturated rings. The maximum absolute atomic E-state index is 12.3. The number of nitrogens with zero attached hydrogens (tertiary/aromatic N) is 5. The molecule has 2 heterocycles. The fourth-order valence-corrected chi connectivity index (χ4v) is 4.77. The van der Waals surface area contributed by atoms with Gasteiger partial charge in [-0.2, -0.15) is 4.68 Å². The van der Waals surface area contributed by atoms with Gasteiger partial charge in [0.15, 0.2) is 5.13 Å². The van der Waals surface area contributed by atoms with Crippen molar-refractivity contribution in [2.75, 3.05) is 16.4 Å². The summed E-state index contributed by atoms with van der Waals surface area (Å²) in [7, 11) is 0. The highest BCUT2D eigenvalue weighted by Crippen LogP contribution is 2.29. The molecular formula is C18H19N7O2S2. The van der Waals surface area contributed by atoms with Crippen LogP contribution < -0.4 is 10.6 Å². The number of aromatic nitrogens is 5. The molecule has 0 saturated carbocycles. The number of carbonyl (C=O) groups excluding carboxylic acids is 2. The van der Waals surface area contributed by atoms with Gasteiger partial charge < -0.3 is 10.6 Å². The Hall–Kier alpha value is -2.79. The van der Waals surface area contributed by atoms with Crippen LogP contribution in [0, 0.1) is 0 Å². The van der Waals surface area contributed by atoms with Gasteiger partial charge in [0.05, 0.1) is 17.1 Å². The first-order valence-electron chi connectivity index (χ1n) is 9.16. The summed E-state index contributed by atoms with van der Waals surface area (Å²) >= 11 is 2.81. The topological polar surface area (TPSA) is 115 Å². The molecule has 9 nitrogen and oxygen atoms in total. The Labute approximate surface area is 175 Å². The number of carbonyl (C=O) groups is 2. The van der Waals surface area contributed by atoms with Crippen molar-refractivity contribution in [1.82, 2.24) is 25.2 Å². The first kappa shape index (κ1) is 19.5. The molecule has 29 heavy (non-hydrogen) atoms. The van der Waals surface area contributed by atoms with E-state index in [1.54, 1.807) is 40.3 Å². The van der Waals surface area contributed by atoms with Gasteiger partial charge in [-0.1, -0.05) is 11.8 Å². The number of hydrogen-bond acceptors (Lipinski definition) is 8. The van der Waals surface area contributed by atoms with Crippen molar-refractivity contribution in [2.45, 2.75) is 37.8 Å². The number of thioether (sulfide) groups is 1. The Morgan fingerprint density at radius 1 is 1.17 bits per heavy atom. The summed E-state index contributed by atoms with van der Waals surface area (Å²) in [5.74, 6) is -0.102. The Bertz CT molecular complexity index is 1010. The lowest BCUT2D eigenvalue weighted by atomic mass is 10.0. The van der Waals surface area contributed by atoms with Gasteiger partial charge in [0, 0.05) is 17.5 Å². The minimum atomic E-state index is -0.142. The van der Waals surface area contributed by atoms with E-state index in [4.69, 9.17) is 0 Å². The molecule has 2 amide bonds. The number of hydrogen-bond donors (Lipinski definition) is 2. The van der Waals surface area contributed by atoms with Crippen molar-refractivity contribution in [3.63, 3.8) is 0 Å². The Morgan fingerprint density at radius 3 is 2.72 bits per heavy atom. The number of tetrazole rings is 1. The number of benzene rings is 1. The van der Waals surface area contributed by atoms with Crippen LogP contribution in [0.3, 0.4) is 0 Å². The highest BCUT2D eigenvalue weighted by molar-refractivity contribution is 7.99. The first-order valence-corrected chi connectivity index (χ1v) is 11.0. The van der Waals surface area contributed by atoms with Crippen molar-refractivity contribution >= 4 is 45.7 Å². The van der Waals surface area contributed by atoms with Crippen LogP contribution >= 0.6 is 23.1 Å². The number of thiazole rings is 1. The predicted octanol–water partition coefficient (Wildman–Crippen LogP) is 2.69. The number of amides is 2. The molecule has 0 atom stereocenters. The van der Waals surface area contributed by atoms with Gasteiger partial charge in [-0.15, -0.1) is 16.4 Å². The Balaban J connectivity index is 1.37. The lowest BCUT2D eigenvalue weighted by Gasteiger charge is -2.06. The van der Waals surface area contributed by atoms with E-state index in [-0.39, 0.29) is 17.6 Å². The largest absolute Gasteiger partial charge is 0.326 e. The second-order valence-electron chi connectivity index (χ2n) is 6.53. The molecule has 4 rings (SSSR count). The number of rotatable bonds is 6. The average molecular weight is 430 g/mol. The van der Waals surface area contributed by atoms with Crippen LogP contribution in [-0.2, 0) is 22.4 Å². The van der Waals surface area contributed by atoms with Crippen molar-refractivity contribution in [2.24, 2.45) is 0 Å². The SMILES string of the molecule is CC(=O)Nc1ccc(-n2nnnc2SCC(=O)Nc2nc3c(s2)CCCC3)cc1. The zero-order valence-electron chi connectivity index (χ0n) is 15.7. The van der Waals surface area contributed by atoms with Crippen molar-refractivity contribution in [3.05, 3.63) is 34.8 Å². The van der Waals surface area contributed by atoms with Gasteiger partial charge in [-0.05, 0) is 60.4 Å². The van der Waals surface area contributed by atoms with Gasteiger partial charge >= 0.3 is 0 Å². The van der Waals surface area contributed by atoms with Gasteiger partial charge in [0.25, 0.3) is 0 Å². The minimum Gasteiger partial charge on any atom is -0.326 e. The summed E-state index contributed by atoms with van der Waals surface area (Å²) in [6, 6.07) is 7.13. The van der Waals surface area contributed by atoms with E-state index in [1.165, 1.54) is 30.0 Å². The van der Waals surface area contributed by atoms with Crippen molar-refractivity contribution < 1.29 is 9.59 Å². The molecule has 11 heteroatoms. The van der Waals surface area contributed by atoms with E-state index >= 15 is 0 Å². The highest BCUT2D eigenvalue weighted by atomic mass is 32.2. The second-order valence-corrected chi connectivity index (χ2v) is 8.56. The van der Waals surface area contributed by atoms with E-state index < -0.39 is 0 Å². The summed E-state index contributed by atoms with van der Waals surface area (Å²) in [4.78, 5) is 29.3. The molecule has 0 bridgehead atoms.